The number of hydrogen-bond donors (Lipinski definition) is 1. The summed E-state index contributed by atoms with van der Waals surface area (Å²) in [5.41, 5.74) is 1.18. The summed E-state index contributed by atoms with van der Waals surface area (Å²) in [6.45, 7) is 4.37. The minimum atomic E-state index is 0.446. The van der Waals surface area contributed by atoms with Crippen LogP contribution in [0.15, 0.2) is 29.1 Å². The van der Waals surface area contributed by atoms with Crippen molar-refractivity contribution in [2.75, 3.05) is 0 Å². The zero-order valence-corrected chi connectivity index (χ0v) is 11.8. The van der Waals surface area contributed by atoms with Gasteiger partial charge in [0.25, 0.3) is 0 Å². The molecule has 2 aromatic rings. The van der Waals surface area contributed by atoms with E-state index in [1.165, 1.54) is 18.4 Å². The third-order valence-electron chi connectivity index (χ3n) is 3.32. The maximum absolute atomic E-state index is 5.67. The van der Waals surface area contributed by atoms with Crippen molar-refractivity contribution < 1.29 is 9.15 Å². The van der Waals surface area contributed by atoms with Gasteiger partial charge < -0.3 is 14.5 Å². The Labute approximate surface area is 118 Å². The van der Waals surface area contributed by atoms with Crippen molar-refractivity contribution >= 4 is 0 Å². The standard InChI is InChI=1S/C15H21N3O2/c1-2-5-18-9-15(8-17-18)20-11-14-6-12(10-19-14)7-16-13-3-4-13/h6,8-10,13,16H,2-5,7,11H2,1H3. The van der Waals surface area contributed by atoms with Crippen molar-refractivity contribution in [3.05, 3.63) is 36.0 Å². The highest BCUT2D eigenvalue weighted by Gasteiger charge is 2.20. The quantitative estimate of drug-likeness (QED) is 0.805. The SMILES string of the molecule is CCCn1cc(OCc2cc(CNC3CC3)co2)cn1. The second-order valence-electron chi connectivity index (χ2n) is 5.30. The molecular formula is C15H21N3O2. The second kappa shape index (κ2) is 6.13. The summed E-state index contributed by atoms with van der Waals surface area (Å²) in [5, 5.41) is 7.69. The van der Waals surface area contributed by atoms with Crippen molar-refractivity contribution in [2.24, 2.45) is 0 Å². The molecule has 108 valence electrons. The van der Waals surface area contributed by atoms with Gasteiger partial charge in [-0.1, -0.05) is 6.92 Å². The van der Waals surface area contributed by atoms with E-state index >= 15 is 0 Å². The monoisotopic (exact) mass is 275 g/mol. The molecule has 0 unspecified atom stereocenters. The van der Waals surface area contributed by atoms with Gasteiger partial charge in [0.1, 0.15) is 12.4 Å². The van der Waals surface area contributed by atoms with Gasteiger partial charge in [0.05, 0.1) is 18.7 Å². The van der Waals surface area contributed by atoms with Crippen molar-refractivity contribution in [3.63, 3.8) is 0 Å². The number of ether oxygens (including phenoxy) is 1. The van der Waals surface area contributed by atoms with Crippen LogP contribution in [0.4, 0.5) is 0 Å². The molecule has 0 radical (unpaired) electrons. The molecule has 0 aromatic carbocycles. The van der Waals surface area contributed by atoms with Gasteiger partial charge >= 0.3 is 0 Å². The van der Waals surface area contributed by atoms with E-state index in [0.717, 1.165) is 31.0 Å². The molecule has 3 rings (SSSR count). The maximum atomic E-state index is 5.67. The van der Waals surface area contributed by atoms with Crippen LogP contribution in [-0.2, 0) is 19.7 Å². The van der Waals surface area contributed by atoms with Crippen LogP contribution < -0.4 is 10.1 Å². The highest BCUT2D eigenvalue weighted by atomic mass is 16.5. The van der Waals surface area contributed by atoms with Crippen LogP contribution in [-0.4, -0.2) is 15.8 Å². The Hall–Kier alpha value is -1.75. The number of hydrogen-bond acceptors (Lipinski definition) is 4. The topological polar surface area (TPSA) is 52.2 Å². The summed E-state index contributed by atoms with van der Waals surface area (Å²) >= 11 is 0. The van der Waals surface area contributed by atoms with Gasteiger partial charge in [-0.15, -0.1) is 0 Å². The molecule has 0 aliphatic heterocycles. The van der Waals surface area contributed by atoms with Gasteiger partial charge in [-0.05, 0) is 25.3 Å². The first kappa shape index (κ1) is 13.2. The summed E-state index contributed by atoms with van der Waals surface area (Å²) in [6.07, 6.45) is 9.13. The van der Waals surface area contributed by atoms with Gasteiger partial charge in [0.15, 0.2) is 5.75 Å². The summed E-state index contributed by atoms with van der Waals surface area (Å²) in [5.74, 6) is 1.63. The van der Waals surface area contributed by atoms with E-state index in [1.807, 2.05) is 16.9 Å². The van der Waals surface area contributed by atoms with Gasteiger partial charge in [-0.25, -0.2) is 0 Å². The Morgan fingerprint density at radius 3 is 3.20 bits per heavy atom. The fourth-order valence-corrected chi connectivity index (χ4v) is 2.07. The summed E-state index contributed by atoms with van der Waals surface area (Å²) in [4.78, 5) is 0. The Morgan fingerprint density at radius 2 is 2.40 bits per heavy atom. The molecule has 1 aliphatic rings. The van der Waals surface area contributed by atoms with Crippen LogP contribution in [0.3, 0.4) is 0 Å². The van der Waals surface area contributed by atoms with Crippen molar-refractivity contribution in [1.29, 1.82) is 0 Å². The average Bonchev–Trinajstić information content (AvgIpc) is 2.98. The van der Waals surface area contributed by atoms with Crippen LogP contribution in [0.25, 0.3) is 0 Å². The molecule has 0 atom stereocenters. The van der Waals surface area contributed by atoms with E-state index in [0.29, 0.717) is 12.6 Å². The molecule has 0 spiro atoms. The Kier molecular flexibility index (Phi) is 4.06. The fraction of sp³-hybridized carbons (Fsp3) is 0.533. The molecule has 1 saturated carbocycles. The Morgan fingerprint density at radius 1 is 1.50 bits per heavy atom. The van der Waals surface area contributed by atoms with Gasteiger partial charge in [0, 0.05) is 24.7 Å². The first-order valence-electron chi connectivity index (χ1n) is 7.28. The second-order valence-corrected chi connectivity index (χ2v) is 5.30. The van der Waals surface area contributed by atoms with E-state index in [1.54, 1.807) is 12.5 Å². The molecule has 0 saturated heterocycles. The van der Waals surface area contributed by atoms with Gasteiger partial charge in [0.2, 0.25) is 0 Å². The lowest BCUT2D eigenvalue weighted by Crippen LogP contribution is -2.14. The molecule has 0 bridgehead atoms. The average molecular weight is 275 g/mol. The zero-order valence-electron chi connectivity index (χ0n) is 11.8. The van der Waals surface area contributed by atoms with E-state index < -0.39 is 0 Å². The minimum Gasteiger partial charge on any atom is -0.482 e. The molecule has 1 aliphatic carbocycles. The van der Waals surface area contributed by atoms with Gasteiger partial charge in [-0.3, -0.25) is 4.68 Å². The van der Waals surface area contributed by atoms with Crippen molar-refractivity contribution in [2.45, 2.75) is 51.9 Å². The predicted molar refractivity (Wildman–Crippen MR) is 75.4 cm³/mol. The Balaban J connectivity index is 1.46. The lowest BCUT2D eigenvalue weighted by Gasteiger charge is -2.00. The molecular weight excluding hydrogens is 254 g/mol. The molecule has 20 heavy (non-hydrogen) atoms. The lowest BCUT2D eigenvalue weighted by molar-refractivity contribution is 0.270. The molecule has 1 N–H and O–H groups in total. The van der Waals surface area contributed by atoms with Crippen LogP contribution in [0.2, 0.25) is 0 Å². The van der Waals surface area contributed by atoms with Crippen LogP contribution in [0.5, 0.6) is 5.75 Å². The molecule has 2 aromatic heterocycles. The van der Waals surface area contributed by atoms with E-state index in [2.05, 4.69) is 17.3 Å². The molecule has 0 amide bonds. The van der Waals surface area contributed by atoms with E-state index in [9.17, 15) is 0 Å². The number of nitrogens with zero attached hydrogens (tertiary/aromatic N) is 2. The van der Waals surface area contributed by atoms with E-state index in [4.69, 9.17) is 9.15 Å². The molecule has 5 nitrogen and oxygen atoms in total. The molecule has 2 heterocycles. The Bertz CT molecular complexity index is 543. The van der Waals surface area contributed by atoms with Crippen molar-refractivity contribution in [1.82, 2.24) is 15.1 Å². The number of nitrogens with one attached hydrogen (secondary N) is 1. The van der Waals surface area contributed by atoms with Crippen LogP contribution in [0, 0.1) is 0 Å². The van der Waals surface area contributed by atoms with Gasteiger partial charge in [-0.2, -0.15) is 5.10 Å². The zero-order chi connectivity index (χ0) is 13.8. The largest absolute Gasteiger partial charge is 0.482 e. The number of furan rings is 1. The highest BCUT2D eigenvalue weighted by molar-refractivity contribution is 5.15. The van der Waals surface area contributed by atoms with Crippen molar-refractivity contribution in [3.8, 4) is 5.75 Å². The highest BCUT2D eigenvalue weighted by Crippen LogP contribution is 2.20. The fourth-order valence-electron chi connectivity index (χ4n) is 2.07. The molecule has 1 fully saturated rings. The smallest absolute Gasteiger partial charge is 0.157 e. The predicted octanol–water partition coefficient (Wildman–Crippen LogP) is 2.72. The lowest BCUT2D eigenvalue weighted by atomic mass is 10.3. The number of aryl methyl sites for hydroxylation is 1. The van der Waals surface area contributed by atoms with Crippen LogP contribution in [0.1, 0.15) is 37.5 Å². The normalized spacial score (nSPS) is 14.7. The van der Waals surface area contributed by atoms with E-state index in [-0.39, 0.29) is 0 Å². The first-order valence-corrected chi connectivity index (χ1v) is 7.28. The van der Waals surface area contributed by atoms with Crippen LogP contribution >= 0.6 is 0 Å². The maximum Gasteiger partial charge on any atom is 0.157 e. The first-order chi connectivity index (χ1) is 9.83. The number of rotatable bonds is 8. The molecule has 5 heteroatoms. The number of aromatic nitrogens is 2. The third-order valence-corrected chi connectivity index (χ3v) is 3.32. The third kappa shape index (κ3) is 3.63. The summed E-state index contributed by atoms with van der Waals surface area (Å²) in [6, 6.07) is 2.76. The summed E-state index contributed by atoms with van der Waals surface area (Å²) < 4.78 is 13.1. The minimum absolute atomic E-state index is 0.446. The summed E-state index contributed by atoms with van der Waals surface area (Å²) in [7, 11) is 0.